The fraction of sp³-hybridized carbons (Fsp3) is 0.364. The van der Waals surface area contributed by atoms with Crippen LogP contribution in [0.1, 0.15) is 24.2 Å². The van der Waals surface area contributed by atoms with Gasteiger partial charge < -0.3 is 0 Å². The minimum absolute atomic E-state index is 0.0372. The first-order chi connectivity index (χ1) is 7.06. The zero-order valence-electron chi connectivity index (χ0n) is 8.59. The molecular formula is C11H12F2OS. The van der Waals surface area contributed by atoms with Gasteiger partial charge in [0.25, 0.3) is 0 Å². The molecule has 1 nitrogen and oxygen atoms in total. The van der Waals surface area contributed by atoms with Crippen molar-refractivity contribution >= 4 is 17.5 Å². The van der Waals surface area contributed by atoms with Crippen molar-refractivity contribution in [2.24, 2.45) is 0 Å². The highest BCUT2D eigenvalue weighted by atomic mass is 32.2. The Hall–Kier alpha value is -0.900. The van der Waals surface area contributed by atoms with Gasteiger partial charge in [-0.1, -0.05) is 6.92 Å². The maximum absolute atomic E-state index is 13.2. The van der Waals surface area contributed by atoms with Gasteiger partial charge in [0.1, 0.15) is 11.6 Å². The molecule has 0 aliphatic rings. The van der Waals surface area contributed by atoms with Crippen LogP contribution >= 0.6 is 11.8 Å². The van der Waals surface area contributed by atoms with Gasteiger partial charge in [-0.15, -0.1) is 0 Å². The van der Waals surface area contributed by atoms with E-state index in [9.17, 15) is 13.6 Å². The van der Waals surface area contributed by atoms with E-state index in [4.69, 9.17) is 0 Å². The van der Waals surface area contributed by atoms with E-state index >= 15 is 0 Å². The third kappa shape index (κ3) is 3.02. The van der Waals surface area contributed by atoms with Gasteiger partial charge in [0.15, 0.2) is 5.78 Å². The highest BCUT2D eigenvalue weighted by Crippen LogP contribution is 2.18. The van der Waals surface area contributed by atoms with Crippen LogP contribution < -0.4 is 0 Å². The molecule has 0 radical (unpaired) electrons. The van der Waals surface area contributed by atoms with Crippen LogP contribution in [-0.2, 0) is 0 Å². The molecule has 1 rings (SSSR count). The first-order valence-electron chi connectivity index (χ1n) is 4.67. The van der Waals surface area contributed by atoms with E-state index < -0.39 is 11.6 Å². The Morgan fingerprint density at radius 2 is 2.13 bits per heavy atom. The van der Waals surface area contributed by atoms with Crippen LogP contribution in [0.2, 0.25) is 0 Å². The van der Waals surface area contributed by atoms with Crippen molar-refractivity contribution in [2.75, 3.05) is 5.75 Å². The van der Waals surface area contributed by atoms with E-state index in [2.05, 4.69) is 0 Å². The molecule has 0 aliphatic carbocycles. The van der Waals surface area contributed by atoms with Gasteiger partial charge >= 0.3 is 0 Å². The average molecular weight is 230 g/mol. The van der Waals surface area contributed by atoms with Crippen molar-refractivity contribution in [3.05, 3.63) is 35.4 Å². The largest absolute Gasteiger partial charge is 0.293 e. The van der Waals surface area contributed by atoms with Crippen LogP contribution in [0.3, 0.4) is 0 Å². The molecule has 0 saturated heterocycles. The lowest BCUT2D eigenvalue weighted by molar-refractivity contribution is 0.0990. The van der Waals surface area contributed by atoms with Gasteiger partial charge in [0, 0.05) is 6.07 Å². The van der Waals surface area contributed by atoms with Crippen molar-refractivity contribution in [2.45, 2.75) is 19.1 Å². The Balaban J connectivity index is 2.91. The van der Waals surface area contributed by atoms with E-state index in [1.54, 1.807) is 6.92 Å². The van der Waals surface area contributed by atoms with Crippen molar-refractivity contribution in [1.82, 2.24) is 0 Å². The smallest absolute Gasteiger partial charge is 0.178 e. The number of carbonyl (C=O) groups excluding carboxylic acids is 1. The number of hydrogen-bond acceptors (Lipinski definition) is 2. The standard InChI is InChI=1S/C11H12F2OS/c1-3-15-7(2)11(14)9-5-4-8(12)6-10(9)13/h4-7H,3H2,1-2H3. The SMILES string of the molecule is CCSC(C)C(=O)c1ccc(F)cc1F. The minimum atomic E-state index is -0.788. The average Bonchev–Trinajstić information content (AvgIpc) is 2.17. The molecular weight excluding hydrogens is 218 g/mol. The summed E-state index contributed by atoms with van der Waals surface area (Å²) in [5.41, 5.74) is -0.0372. The summed E-state index contributed by atoms with van der Waals surface area (Å²) in [6.07, 6.45) is 0. The van der Waals surface area contributed by atoms with E-state index in [-0.39, 0.29) is 16.6 Å². The summed E-state index contributed by atoms with van der Waals surface area (Å²) in [4.78, 5) is 11.7. The maximum atomic E-state index is 13.2. The quantitative estimate of drug-likeness (QED) is 0.738. The first kappa shape index (κ1) is 12.2. The van der Waals surface area contributed by atoms with Gasteiger partial charge in [0.05, 0.1) is 10.8 Å². The molecule has 1 aromatic carbocycles. The van der Waals surface area contributed by atoms with Crippen molar-refractivity contribution in [3.63, 3.8) is 0 Å². The predicted molar refractivity (Wildman–Crippen MR) is 58.3 cm³/mol. The van der Waals surface area contributed by atoms with Crippen LogP contribution in [0.15, 0.2) is 18.2 Å². The van der Waals surface area contributed by atoms with Crippen LogP contribution in [0.4, 0.5) is 8.78 Å². The fourth-order valence-corrected chi connectivity index (χ4v) is 2.01. The molecule has 0 saturated carbocycles. The molecule has 0 amide bonds. The lowest BCUT2D eigenvalue weighted by Crippen LogP contribution is -2.15. The summed E-state index contributed by atoms with van der Waals surface area (Å²) in [7, 11) is 0. The lowest BCUT2D eigenvalue weighted by atomic mass is 10.1. The summed E-state index contributed by atoms with van der Waals surface area (Å²) in [6.45, 7) is 3.65. The van der Waals surface area contributed by atoms with E-state index in [1.165, 1.54) is 17.8 Å². The molecule has 1 unspecified atom stereocenters. The molecule has 1 atom stereocenters. The number of ketones is 1. The predicted octanol–water partition coefficient (Wildman–Crippen LogP) is 3.29. The highest BCUT2D eigenvalue weighted by molar-refractivity contribution is 8.00. The Morgan fingerprint density at radius 1 is 1.47 bits per heavy atom. The molecule has 4 heteroatoms. The Bertz CT molecular complexity index is 366. The highest BCUT2D eigenvalue weighted by Gasteiger charge is 2.18. The van der Waals surface area contributed by atoms with Gasteiger partial charge in [-0.25, -0.2) is 8.78 Å². The number of hydrogen-bond donors (Lipinski definition) is 0. The molecule has 0 aliphatic heterocycles. The molecule has 0 bridgehead atoms. The third-order valence-electron chi connectivity index (χ3n) is 1.98. The number of halogens is 2. The molecule has 0 aromatic heterocycles. The van der Waals surface area contributed by atoms with E-state index in [0.717, 1.165) is 17.9 Å². The summed E-state index contributed by atoms with van der Waals surface area (Å²) < 4.78 is 25.8. The Kier molecular flexibility index (Phi) is 4.27. The van der Waals surface area contributed by atoms with Gasteiger partial charge in [-0.3, -0.25) is 4.79 Å². The molecule has 1 aromatic rings. The topological polar surface area (TPSA) is 17.1 Å². The first-order valence-corrected chi connectivity index (χ1v) is 5.72. The zero-order valence-corrected chi connectivity index (χ0v) is 9.41. The summed E-state index contributed by atoms with van der Waals surface area (Å²) in [6, 6.07) is 3.02. The second-order valence-corrected chi connectivity index (χ2v) is 4.70. The molecule has 82 valence electrons. The molecule has 0 spiro atoms. The van der Waals surface area contributed by atoms with Crippen LogP contribution in [0.5, 0.6) is 0 Å². The van der Waals surface area contributed by atoms with Crippen molar-refractivity contribution in [1.29, 1.82) is 0 Å². The molecule has 0 heterocycles. The second-order valence-electron chi connectivity index (χ2n) is 3.09. The summed E-state index contributed by atoms with van der Waals surface area (Å²) in [5.74, 6) is -0.960. The normalized spacial score (nSPS) is 12.5. The number of benzene rings is 1. The summed E-state index contributed by atoms with van der Waals surface area (Å²) >= 11 is 1.44. The van der Waals surface area contributed by atoms with Crippen LogP contribution in [0.25, 0.3) is 0 Å². The van der Waals surface area contributed by atoms with E-state index in [1.807, 2.05) is 6.92 Å². The molecule has 0 N–H and O–H groups in total. The van der Waals surface area contributed by atoms with Gasteiger partial charge in [-0.05, 0) is 24.8 Å². The molecule has 0 fully saturated rings. The van der Waals surface area contributed by atoms with E-state index in [0.29, 0.717) is 0 Å². The zero-order chi connectivity index (χ0) is 11.4. The van der Waals surface area contributed by atoms with Crippen molar-refractivity contribution < 1.29 is 13.6 Å². The van der Waals surface area contributed by atoms with Gasteiger partial charge in [-0.2, -0.15) is 11.8 Å². The second kappa shape index (κ2) is 5.26. The summed E-state index contributed by atoms with van der Waals surface area (Å²) in [5, 5.41) is -0.296. The minimum Gasteiger partial charge on any atom is -0.293 e. The van der Waals surface area contributed by atoms with Gasteiger partial charge in [0.2, 0.25) is 0 Å². The third-order valence-corrected chi connectivity index (χ3v) is 3.03. The number of thioether (sulfide) groups is 1. The Morgan fingerprint density at radius 3 is 2.67 bits per heavy atom. The lowest BCUT2D eigenvalue weighted by Gasteiger charge is -2.09. The monoisotopic (exact) mass is 230 g/mol. The van der Waals surface area contributed by atoms with Crippen LogP contribution in [-0.4, -0.2) is 16.8 Å². The Labute approximate surface area is 91.9 Å². The number of Topliss-reactive ketones (excluding diaryl/α,β-unsaturated/α-hetero) is 1. The maximum Gasteiger partial charge on any atom is 0.178 e. The van der Waals surface area contributed by atoms with Crippen molar-refractivity contribution in [3.8, 4) is 0 Å². The van der Waals surface area contributed by atoms with Crippen LogP contribution in [0, 0.1) is 11.6 Å². The molecule has 15 heavy (non-hydrogen) atoms. The number of rotatable bonds is 4. The number of carbonyl (C=O) groups is 1. The fourth-order valence-electron chi connectivity index (χ4n) is 1.23.